The summed E-state index contributed by atoms with van der Waals surface area (Å²) in [5, 5.41) is 9.66. The van der Waals surface area contributed by atoms with Crippen LogP contribution in [-0.2, 0) is 22.6 Å². The van der Waals surface area contributed by atoms with E-state index in [1.807, 2.05) is 0 Å². The second-order valence-corrected chi connectivity index (χ2v) is 12.0. The summed E-state index contributed by atoms with van der Waals surface area (Å²) in [6.45, 7) is 2.38. The van der Waals surface area contributed by atoms with E-state index in [0.717, 1.165) is 24.6 Å². The average molecular weight is 652 g/mol. The monoisotopic (exact) mass is 651 g/mol. The van der Waals surface area contributed by atoms with E-state index in [9.17, 15) is 39.9 Å². The molecule has 0 amide bonds. The Morgan fingerprint density at radius 1 is 0.889 bits per heavy atom. The van der Waals surface area contributed by atoms with Crippen LogP contribution in [0.1, 0.15) is 23.0 Å². The zero-order chi connectivity index (χ0) is 32.9. The minimum absolute atomic E-state index is 0.00148. The van der Waals surface area contributed by atoms with Crippen LogP contribution in [0.25, 0.3) is 39.4 Å². The van der Waals surface area contributed by atoms with Crippen molar-refractivity contribution in [3.8, 4) is 45.1 Å². The molecule has 0 saturated carbocycles. The van der Waals surface area contributed by atoms with Crippen molar-refractivity contribution in [2.75, 3.05) is 6.26 Å². The number of aromatic nitrogens is 3. The van der Waals surface area contributed by atoms with Gasteiger partial charge >= 0.3 is 12.5 Å². The number of oxazole rings is 1. The van der Waals surface area contributed by atoms with Gasteiger partial charge in [-0.15, -0.1) is 13.2 Å². The van der Waals surface area contributed by atoms with E-state index in [4.69, 9.17) is 4.42 Å². The Kier molecular flexibility index (Phi) is 8.04. The number of aliphatic hydroxyl groups is 1. The normalized spacial score (nSPS) is 12.5. The maximum absolute atomic E-state index is 13.6. The fraction of sp³-hybridized carbons (Fsp3) is 0.200. The number of ether oxygens (including phenoxy) is 1. The van der Waals surface area contributed by atoms with Crippen molar-refractivity contribution in [1.29, 1.82) is 0 Å². The lowest BCUT2D eigenvalue weighted by Gasteiger charge is -2.15. The standard InChI is InChI=1S/C30H23F6N3O5S/c1-16-37-26(29(31,32)33)14-39(16)24-11-8-19(20-4-5-21(15-40)25(13-20)45(3,41)42)12-23(24)27-28(43-17(2)38-27)18-6-9-22(10-7-18)44-30(34,35)36/h4-14,40H,15H2,1-3H3. The summed E-state index contributed by atoms with van der Waals surface area (Å²) in [6, 6.07) is 13.8. The van der Waals surface area contributed by atoms with Gasteiger partial charge in [-0.05, 0) is 66.1 Å². The smallest absolute Gasteiger partial charge is 0.440 e. The van der Waals surface area contributed by atoms with Gasteiger partial charge in [-0.3, -0.25) is 0 Å². The highest BCUT2D eigenvalue weighted by Crippen LogP contribution is 2.40. The molecule has 3 aromatic carbocycles. The molecule has 0 radical (unpaired) electrons. The average Bonchev–Trinajstić information content (AvgIpc) is 3.54. The van der Waals surface area contributed by atoms with Gasteiger partial charge in [0.25, 0.3) is 0 Å². The molecule has 5 aromatic rings. The zero-order valence-electron chi connectivity index (χ0n) is 23.7. The Hall–Kier alpha value is -4.63. The minimum Gasteiger partial charge on any atom is -0.440 e. The summed E-state index contributed by atoms with van der Waals surface area (Å²) < 4.78 is 115. The number of nitrogens with zero attached hydrogens (tertiary/aromatic N) is 3. The second kappa shape index (κ2) is 11.4. The maximum atomic E-state index is 13.6. The fourth-order valence-electron chi connectivity index (χ4n) is 4.79. The molecule has 1 N–H and O–H groups in total. The number of aliphatic hydroxyl groups excluding tert-OH is 1. The van der Waals surface area contributed by atoms with Gasteiger partial charge in [0.1, 0.15) is 17.3 Å². The predicted octanol–water partition coefficient (Wildman–Crippen LogP) is 7.29. The Morgan fingerprint density at radius 2 is 1.51 bits per heavy atom. The first-order valence-corrected chi connectivity index (χ1v) is 14.9. The Labute approximate surface area is 252 Å². The van der Waals surface area contributed by atoms with Crippen molar-refractivity contribution < 1.29 is 49.0 Å². The van der Waals surface area contributed by atoms with Crippen molar-refractivity contribution in [2.24, 2.45) is 0 Å². The summed E-state index contributed by atoms with van der Waals surface area (Å²) in [6.07, 6.45) is -7.82. The third-order valence-corrected chi connectivity index (χ3v) is 7.92. The molecule has 0 bridgehead atoms. The van der Waals surface area contributed by atoms with Gasteiger partial charge in [0.15, 0.2) is 27.2 Å². The highest BCUT2D eigenvalue weighted by atomic mass is 32.2. The summed E-state index contributed by atoms with van der Waals surface area (Å²) in [7, 11) is -3.75. The van der Waals surface area contributed by atoms with Gasteiger partial charge in [-0.2, -0.15) is 13.2 Å². The van der Waals surface area contributed by atoms with E-state index in [1.165, 1.54) is 48.7 Å². The zero-order valence-corrected chi connectivity index (χ0v) is 24.5. The number of benzene rings is 3. The largest absolute Gasteiger partial charge is 0.573 e. The molecule has 0 spiro atoms. The fourth-order valence-corrected chi connectivity index (χ4v) is 5.74. The Morgan fingerprint density at radius 3 is 2.09 bits per heavy atom. The van der Waals surface area contributed by atoms with Crippen LogP contribution in [0.2, 0.25) is 0 Å². The summed E-state index contributed by atoms with van der Waals surface area (Å²) in [5.41, 5.74) is 0.791. The highest BCUT2D eigenvalue weighted by Gasteiger charge is 2.35. The summed E-state index contributed by atoms with van der Waals surface area (Å²) >= 11 is 0. The second-order valence-electron chi connectivity index (χ2n) is 10.0. The minimum atomic E-state index is -4.91. The van der Waals surface area contributed by atoms with E-state index in [1.54, 1.807) is 18.2 Å². The SMILES string of the molecule is Cc1nc(-c2cc(-c3ccc(CO)c(S(C)(=O)=O)c3)ccc2-n2cc(C(F)(F)F)nc2C)c(-c2ccc(OC(F)(F)F)cc2)o1. The van der Waals surface area contributed by atoms with Crippen LogP contribution in [0.15, 0.2) is 76.2 Å². The molecule has 15 heteroatoms. The molecule has 0 unspecified atom stereocenters. The van der Waals surface area contributed by atoms with Gasteiger partial charge in [0, 0.05) is 30.5 Å². The summed E-state index contributed by atoms with van der Waals surface area (Å²) in [4.78, 5) is 8.02. The number of rotatable bonds is 7. The molecule has 2 aromatic heterocycles. The molecule has 0 saturated heterocycles. The Balaban J connectivity index is 1.73. The van der Waals surface area contributed by atoms with Crippen LogP contribution in [0, 0.1) is 13.8 Å². The van der Waals surface area contributed by atoms with Crippen LogP contribution in [0.3, 0.4) is 0 Å². The van der Waals surface area contributed by atoms with Crippen LogP contribution in [-0.4, -0.2) is 40.7 Å². The first-order chi connectivity index (χ1) is 20.9. The number of hydrogen-bond acceptors (Lipinski definition) is 7. The molecule has 8 nitrogen and oxygen atoms in total. The highest BCUT2D eigenvalue weighted by molar-refractivity contribution is 7.90. The van der Waals surface area contributed by atoms with Crippen molar-refractivity contribution in [2.45, 2.75) is 37.9 Å². The number of sulfone groups is 1. The van der Waals surface area contributed by atoms with Crippen LogP contribution in [0.5, 0.6) is 5.75 Å². The van der Waals surface area contributed by atoms with E-state index in [2.05, 4.69) is 14.7 Å². The lowest BCUT2D eigenvalue weighted by Crippen LogP contribution is -2.16. The molecule has 0 fully saturated rings. The van der Waals surface area contributed by atoms with Crippen molar-refractivity contribution in [3.05, 3.63) is 89.8 Å². The molecular formula is C30H23F6N3O5S. The molecule has 0 atom stereocenters. The van der Waals surface area contributed by atoms with E-state index < -0.39 is 40.4 Å². The first-order valence-electron chi connectivity index (χ1n) is 13.0. The molecule has 0 aliphatic carbocycles. The van der Waals surface area contributed by atoms with Gasteiger partial charge in [0.2, 0.25) is 0 Å². The number of imidazole rings is 1. The van der Waals surface area contributed by atoms with Gasteiger partial charge in [-0.1, -0.05) is 18.2 Å². The van der Waals surface area contributed by atoms with Crippen LogP contribution in [0.4, 0.5) is 26.3 Å². The van der Waals surface area contributed by atoms with E-state index >= 15 is 0 Å². The summed E-state index contributed by atoms with van der Waals surface area (Å²) in [5.74, 6) is -0.227. The first kappa shape index (κ1) is 31.8. The van der Waals surface area contributed by atoms with Gasteiger partial charge < -0.3 is 18.8 Å². The molecule has 2 heterocycles. The van der Waals surface area contributed by atoms with Gasteiger partial charge in [-0.25, -0.2) is 18.4 Å². The quantitative estimate of drug-likeness (QED) is 0.184. The molecule has 45 heavy (non-hydrogen) atoms. The van der Waals surface area contributed by atoms with E-state index in [0.29, 0.717) is 16.7 Å². The predicted molar refractivity (Wildman–Crippen MR) is 150 cm³/mol. The van der Waals surface area contributed by atoms with Crippen LogP contribution < -0.4 is 4.74 Å². The molecule has 0 aliphatic heterocycles. The van der Waals surface area contributed by atoms with Crippen molar-refractivity contribution in [1.82, 2.24) is 14.5 Å². The molecule has 236 valence electrons. The molecule has 5 rings (SSSR count). The topological polar surface area (TPSA) is 107 Å². The lowest BCUT2D eigenvalue weighted by atomic mass is 9.97. The van der Waals surface area contributed by atoms with Crippen molar-refractivity contribution in [3.63, 3.8) is 0 Å². The number of aryl methyl sites for hydroxylation is 2. The number of hydrogen-bond donors (Lipinski definition) is 1. The maximum Gasteiger partial charge on any atom is 0.573 e. The molecular weight excluding hydrogens is 628 g/mol. The van der Waals surface area contributed by atoms with Crippen LogP contribution >= 0.6 is 0 Å². The third-order valence-electron chi connectivity index (χ3n) is 6.74. The van der Waals surface area contributed by atoms with Crippen molar-refractivity contribution >= 4 is 9.84 Å². The third kappa shape index (κ3) is 6.73. The Bertz CT molecular complexity index is 2000. The number of halogens is 6. The number of alkyl halides is 6. The lowest BCUT2D eigenvalue weighted by molar-refractivity contribution is -0.274. The van der Waals surface area contributed by atoms with E-state index in [-0.39, 0.29) is 44.9 Å². The molecule has 0 aliphatic rings. The van der Waals surface area contributed by atoms with Gasteiger partial charge in [0.05, 0.1) is 17.2 Å².